The highest BCUT2D eigenvalue weighted by Gasteiger charge is 2.13. The van der Waals surface area contributed by atoms with Crippen molar-refractivity contribution in [3.8, 4) is 0 Å². The molecule has 0 fully saturated rings. The maximum Gasteiger partial charge on any atom is 0.228 e. The van der Waals surface area contributed by atoms with Crippen LogP contribution in [0.15, 0.2) is 48.8 Å². The molecule has 0 N–H and O–H groups in total. The molecule has 0 spiro atoms. The van der Waals surface area contributed by atoms with Crippen molar-refractivity contribution in [1.82, 2.24) is 14.3 Å². The maximum absolute atomic E-state index is 12.5. The van der Waals surface area contributed by atoms with E-state index in [2.05, 4.69) is 24.0 Å². The van der Waals surface area contributed by atoms with Crippen LogP contribution in [-0.4, -0.2) is 27.2 Å². The van der Waals surface area contributed by atoms with Gasteiger partial charge in [-0.15, -0.1) is 0 Å². The molecule has 0 saturated heterocycles. The lowest BCUT2D eigenvalue weighted by Gasteiger charge is -2.18. The van der Waals surface area contributed by atoms with E-state index in [0.717, 1.165) is 16.9 Å². The van der Waals surface area contributed by atoms with Crippen molar-refractivity contribution in [2.45, 2.75) is 26.8 Å². The van der Waals surface area contributed by atoms with Crippen LogP contribution in [0.2, 0.25) is 0 Å². The third-order valence-corrected chi connectivity index (χ3v) is 4.15. The molecule has 0 saturated carbocycles. The molecule has 0 atom stereocenters. The lowest BCUT2D eigenvalue weighted by atomic mass is 10.1. The minimum Gasteiger partial charge on any atom is -0.341 e. The zero-order chi connectivity index (χ0) is 16.4. The lowest BCUT2D eigenvalue weighted by molar-refractivity contribution is -0.129. The molecule has 23 heavy (non-hydrogen) atoms. The van der Waals surface area contributed by atoms with E-state index in [1.54, 1.807) is 4.90 Å². The van der Waals surface area contributed by atoms with Crippen LogP contribution >= 0.6 is 0 Å². The summed E-state index contributed by atoms with van der Waals surface area (Å²) < 4.78 is 1.97. The van der Waals surface area contributed by atoms with Crippen LogP contribution in [0.3, 0.4) is 0 Å². The molecule has 0 bridgehead atoms. The van der Waals surface area contributed by atoms with Crippen LogP contribution in [0, 0.1) is 13.8 Å². The molecule has 3 rings (SSSR count). The zero-order valence-corrected chi connectivity index (χ0v) is 13.8. The molecule has 4 nitrogen and oxygen atoms in total. The van der Waals surface area contributed by atoms with Gasteiger partial charge in [0.2, 0.25) is 5.91 Å². The Balaban J connectivity index is 1.72. The summed E-state index contributed by atoms with van der Waals surface area (Å²) >= 11 is 0. The zero-order valence-electron chi connectivity index (χ0n) is 13.8. The summed E-state index contributed by atoms with van der Waals surface area (Å²) in [4.78, 5) is 18.8. The summed E-state index contributed by atoms with van der Waals surface area (Å²) in [6.07, 6.45) is 4.21. The average Bonchev–Trinajstić information content (AvgIpc) is 2.93. The molecule has 1 aromatic carbocycles. The highest BCUT2D eigenvalue weighted by Crippen LogP contribution is 2.13. The summed E-state index contributed by atoms with van der Waals surface area (Å²) in [6, 6.07) is 12.2. The number of hydrogen-bond acceptors (Lipinski definition) is 2. The predicted octanol–water partition coefficient (Wildman–Crippen LogP) is 3.15. The van der Waals surface area contributed by atoms with Crippen molar-refractivity contribution in [1.29, 1.82) is 0 Å². The molecule has 0 radical (unpaired) electrons. The Bertz CT molecular complexity index is 851. The van der Waals surface area contributed by atoms with Crippen molar-refractivity contribution in [2.75, 3.05) is 7.05 Å². The molecule has 2 aromatic heterocycles. The monoisotopic (exact) mass is 307 g/mol. The van der Waals surface area contributed by atoms with Crippen molar-refractivity contribution in [2.24, 2.45) is 0 Å². The summed E-state index contributed by atoms with van der Waals surface area (Å²) in [5.74, 6) is 0.0781. The first-order valence-electron chi connectivity index (χ1n) is 7.76. The Hall–Kier alpha value is -2.62. The molecule has 4 heteroatoms. The first kappa shape index (κ1) is 15.3. The molecule has 0 aliphatic heterocycles. The highest BCUT2D eigenvalue weighted by atomic mass is 16.2. The summed E-state index contributed by atoms with van der Waals surface area (Å²) in [7, 11) is 1.84. The van der Waals surface area contributed by atoms with Crippen LogP contribution < -0.4 is 0 Å². The van der Waals surface area contributed by atoms with E-state index in [1.807, 2.05) is 55.0 Å². The minimum atomic E-state index is 0.0781. The van der Waals surface area contributed by atoms with Gasteiger partial charge in [0.15, 0.2) is 0 Å². The summed E-state index contributed by atoms with van der Waals surface area (Å²) in [5.41, 5.74) is 5.21. The molecule has 0 unspecified atom stereocenters. The van der Waals surface area contributed by atoms with Crippen LogP contribution in [0.5, 0.6) is 0 Å². The minimum absolute atomic E-state index is 0.0781. The van der Waals surface area contributed by atoms with E-state index in [9.17, 15) is 4.79 Å². The fourth-order valence-corrected chi connectivity index (χ4v) is 2.71. The second kappa shape index (κ2) is 6.24. The fourth-order valence-electron chi connectivity index (χ4n) is 2.71. The number of carbonyl (C=O) groups is 1. The van der Waals surface area contributed by atoms with Gasteiger partial charge in [-0.05, 0) is 36.6 Å². The summed E-state index contributed by atoms with van der Waals surface area (Å²) in [6.45, 7) is 4.72. The smallest absolute Gasteiger partial charge is 0.228 e. The van der Waals surface area contributed by atoms with Crippen molar-refractivity contribution >= 4 is 11.6 Å². The SMILES string of the molecule is Cc1ccccc1CN(C)C(=O)Cc1cn2cccc(C)c2n1. The number of hydrogen-bond donors (Lipinski definition) is 0. The molecule has 0 aliphatic rings. The fraction of sp³-hybridized carbons (Fsp3) is 0.263. The number of aryl methyl sites for hydroxylation is 2. The Morgan fingerprint density at radius 3 is 2.61 bits per heavy atom. The standard InChI is InChI=1S/C19H21N3O/c1-14-7-4-5-9-16(14)12-21(3)18(23)11-17-13-22-10-6-8-15(2)19(22)20-17/h4-10,13H,11-12H2,1-3H3. The number of benzene rings is 1. The Morgan fingerprint density at radius 2 is 1.87 bits per heavy atom. The molecular formula is C19H21N3O. The van der Waals surface area contributed by atoms with E-state index in [0.29, 0.717) is 13.0 Å². The molecule has 2 heterocycles. The van der Waals surface area contributed by atoms with Crippen LogP contribution in [-0.2, 0) is 17.8 Å². The largest absolute Gasteiger partial charge is 0.341 e. The normalized spacial score (nSPS) is 10.9. The molecule has 3 aromatic rings. The average molecular weight is 307 g/mol. The van der Waals surface area contributed by atoms with Crippen LogP contribution in [0.25, 0.3) is 5.65 Å². The van der Waals surface area contributed by atoms with Gasteiger partial charge in [0.1, 0.15) is 5.65 Å². The number of carbonyl (C=O) groups excluding carboxylic acids is 1. The number of pyridine rings is 1. The van der Waals surface area contributed by atoms with Gasteiger partial charge in [-0.25, -0.2) is 4.98 Å². The van der Waals surface area contributed by atoms with Gasteiger partial charge in [0, 0.05) is 26.0 Å². The van der Waals surface area contributed by atoms with Crippen LogP contribution in [0.4, 0.5) is 0 Å². The van der Waals surface area contributed by atoms with E-state index in [-0.39, 0.29) is 5.91 Å². The Morgan fingerprint density at radius 1 is 1.13 bits per heavy atom. The Kier molecular flexibility index (Phi) is 4.15. The Labute approximate surface area is 136 Å². The molecule has 118 valence electrons. The van der Waals surface area contributed by atoms with Crippen molar-refractivity contribution < 1.29 is 4.79 Å². The number of nitrogens with zero attached hydrogens (tertiary/aromatic N) is 3. The van der Waals surface area contributed by atoms with Crippen molar-refractivity contribution in [3.05, 3.63) is 71.2 Å². The molecular weight excluding hydrogens is 286 g/mol. The predicted molar refractivity (Wildman–Crippen MR) is 91.3 cm³/mol. The number of amides is 1. The van der Waals surface area contributed by atoms with Gasteiger partial charge in [0.05, 0.1) is 12.1 Å². The van der Waals surface area contributed by atoms with E-state index >= 15 is 0 Å². The first-order chi connectivity index (χ1) is 11.0. The van der Waals surface area contributed by atoms with Gasteiger partial charge >= 0.3 is 0 Å². The quantitative estimate of drug-likeness (QED) is 0.742. The van der Waals surface area contributed by atoms with Gasteiger partial charge in [0.25, 0.3) is 0 Å². The summed E-state index contributed by atoms with van der Waals surface area (Å²) in [5, 5.41) is 0. The molecule has 1 amide bonds. The van der Waals surface area contributed by atoms with E-state index < -0.39 is 0 Å². The van der Waals surface area contributed by atoms with Gasteiger partial charge < -0.3 is 9.30 Å². The van der Waals surface area contributed by atoms with Gasteiger partial charge in [-0.2, -0.15) is 0 Å². The topological polar surface area (TPSA) is 37.6 Å². The number of likely N-dealkylation sites (N-methyl/N-ethyl adjacent to an activating group) is 1. The van der Waals surface area contributed by atoms with Gasteiger partial charge in [-0.1, -0.05) is 30.3 Å². The number of imidazole rings is 1. The molecule has 0 aliphatic carbocycles. The number of rotatable bonds is 4. The third-order valence-electron chi connectivity index (χ3n) is 4.15. The number of fused-ring (bicyclic) bond motifs is 1. The van der Waals surface area contributed by atoms with E-state index in [1.165, 1.54) is 11.1 Å². The van der Waals surface area contributed by atoms with Crippen molar-refractivity contribution in [3.63, 3.8) is 0 Å². The first-order valence-corrected chi connectivity index (χ1v) is 7.76. The van der Waals surface area contributed by atoms with E-state index in [4.69, 9.17) is 0 Å². The van der Waals surface area contributed by atoms with Crippen LogP contribution in [0.1, 0.15) is 22.4 Å². The highest BCUT2D eigenvalue weighted by molar-refractivity contribution is 5.78. The van der Waals surface area contributed by atoms with Gasteiger partial charge in [-0.3, -0.25) is 4.79 Å². The second-order valence-corrected chi connectivity index (χ2v) is 6.01. The maximum atomic E-state index is 12.5. The lowest BCUT2D eigenvalue weighted by Crippen LogP contribution is -2.28. The number of aromatic nitrogens is 2. The second-order valence-electron chi connectivity index (χ2n) is 6.01. The third kappa shape index (κ3) is 3.26.